The molecule has 1 N–H and O–H groups in total. The fourth-order valence-corrected chi connectivity index (χ4v) is 2.16. The van der Waals surface area contributed by atoms with Gasteiger partial charge in [0.2, 0.25) is 0 Å². The van der Waals surface area contributed by atoms with Crippen molar-refractivity contribution >= 4 is 0 Å². The molecule has 1 fully saturated rings. The average Bonchev–Trinajstić information content (AvgIpc) is 2.10. The minimum atomic E-state index is 0.726. The molecule has 0 saturated carbocycles. The molecule has 0 aliphatic carbocycles. The Balaban J connectivity index is 2.45. The highest BCUT2D eigenvalue weighted by atomic mass is 15.2. The molecule has 1 aliphatic heterocycles. The monoisotopic (exact) mass is 170 g/mol. The van der Waals surface area contributed by atoms with E-state index >= 15 is 0 Å². The molecule has 0 unspecified atom stereocenters. The molecule has 0 aromatic heterocycles. The maximum atomic E-state index is 3.43. The second kappa shape index (κ2) is 4.83. The van der Waals surface area contributed by atoms with Gasteiger partial charge in [-0.15, -0.1) is 0 Å². The predicted octanol–water partition coefficient (Wildman–Crippen LogP) is 1.47. The molecule has 0 aromatic rings. The van der Waals surface area contributed by atoms with Crippen LogP contribution in [-0.2, 0) is 0 Å². The third kappa shape index (κ3) is 2.20. The molecule has 1 rings (SSSR count). The van der Waals surface area contributed by atoms with Crippen LogP contribution in [0.3, 0.4) is 0 Å². The van der Waals surface area contributed by atoms with Gasteiger partial charge in [-0.3, -0.25) is 4.90 Å². The normalized spacial score (nSPS) is 26.5. The summed E-state index contributed by atoms with van der Waals surface area (Å²) in [6, 6.07) is 1.53. The summed E-state index contributed by atoms with van der Waals surface area (Å²) in [4.78, 5) is 2.65. The number of nitrogens with zero attached hydrogens (tertiary/aromatic N) is 1. The first kappa shape index (κ1) is 10.0. The Morgan fingerprint density at radius 2 is 2.08 bits per heavy atom. The van der Waals surface area contributed by atoms with Crippen LogP contribution in [0.1, 0.15) is 33.6 Å². The van der Waals surface area contributed by atoms with Crippen molar-refractivity contribution in [3.63, 3.8) is 0 Å². The Hall–Kier alpha value is -0.0800. The average molecular weight is 170 g/mol. The molecule has 0 radical (unpaired) electrons. The van der Waals surface area contributed by atoms with Crippen LogP contribution in [0.15, 0.2) is 0 Å². The number of hydrogen-bond donors (Lipinski definition) is 1. The Morgan fingerprint density at radius 1 is 1.42 bits per heavy atom. The van der Waals surface area contributed by atoms with E-state index in [1.165, 1.54) is 25.9 Å². The van der Waals surface area contributed by atoms with Crippen molar-refractivity contribution in [3.05, 3.63) is 0 Å². The molecule has 72 valence electrons. The van der Waals surface area contributed by atoms with Crippen LogP contribution in [0.4, 0.5) is 0 Å². The summed E-state index contributed by atoms with van der Waals surface area (Å²) >= 11 is 0. The van der Waals surface area contributed by atoms with E-state index in [1.807, 2.05) is 0 Å². The minimum Gasteiger partial charge on any atom is -0.314 e. The highest BCUT2D eigenvalue weighted by molar-refractivity contribution is 4.80. The van der Waals surface area contributed by atoms with E-state index in [9.17, 15) is 0 Å². The first-order chi connectivity index (χ1) is 5.79. The van der Waals surface area contributed by atoms with Crippen LogP contribution in [0, 0.1) is 0 Å². The Kier molecular flexibility index (Phi) is 4.02. The summed E-state index contributed by atoms with van der Waals surface area (Å²) in [5.74, 6) is 0. The summed E-state index contributed by atoms with van der Waals surface area (Å²) in [5, 5.41) is 3.43. The van der Waals surface area contributed by atoms with E-state index in [1.54, 1.807) is 0 Å². The lowest BCUT2D eigenvalue weighted by molar-refractivity contribution is 0.110. The SMILES string of the molecule is CCC(CC)N1CCNC[C@H]1C. The molecule has 1 aliphatic rings. The summed E-state index contributed by atoms with van der Waals surface area (Å²) in [6.07, 6.45) is 2.58. The number of rotatable bonds is 3. The van der Waals surface area contributed by atoms with Crippen molar-refractivity contribution in [2.75, 3.05) is 19.6 Å². The predicted molar refractivity (Wildman–Crippen MR) is 53.4 cm³/mol. The van der Waals surface area contributed by atoms with E-state index < -0.39 is 0 Å². The maximum Gasteiger partial charge on any atom is 0.0195 e. The Bertz CT molecular complexity index is 121. The van der Waals surface area contributed by atoms with Crippen molar-refractivity contribution in [1.29, 1.82) is 0 Å². The van der Waals surface area contributed by atoms with Crippen LogP contribution >= 0.6 is 0 Å². The first-order valence-corrected chi connectivity index (χ1v) is 5.26. The minimum absolute atomic E-state index is 0.726. The molecule has 0 bridgehead atoms. The maximum absolute atomic E-state index is 3.43. The number of nitrogens with one attached hydrogen (secondary N) is 1. The molecule has 2 heteroatoms. The van der Waals surface area contributed by atoms with Crippen LogP contribution in [-0.4, -0.2) is 36.6 Å². The van der Waals surface area contributed by atoms with E-state index in [0.717, 1.165) is 18.6 Å². The van der Waals surface area contributed by atoms with Crippen molar-refractivity contribution < 1.29 is 0 Å². The van der Waals surface area contributed by atoms with Gasteiger partial charge in [-0.1, -0.05) is 13.8 Å². The fourth-order valence-electron chi connectivity index (χ4n) is 2.16. The van der Waals surface area contributed by atoms with Gasteiger partial charge in [-0.25, -0.2) is 0 Å². The molecule has 12 heavy (non-hydrogen) atoms. The molecule has 0 amide bonds. The first-order valence-electron chi connectivity index (χ1n) is 5.26. The van der Waals surface area contributed by atoms with Crippen molar-refractivity contribution in [3.8, 4) is 0 Å². The van der Waals surface area contributed by atoms with Gasteiger partial charge < -0.3 is 5.32 Å². The van der Waals surface area contributed by atoms with Crippen molar-refractivity contribution in [2.45, 2.75) is 45.7 Å². The van der Waals surface area contributed by atoms with Crippen molar-refractivity contribution in [2.24, 2.45) is 0 Å². The zero-order valence-electron chi connectivity index (χ0n) is 8.64. The van der Waals surface area contributed by atoms with E-state index in [-0.39, 0.29) is 0 Å². The third-order valence-corrected chi connectivity index (χ3v) is 2.96. The fraction of sp³-hybridized carbons (Fsp3) is 1.00. The quantitative estimate of drug-likeness (QED) is 0.690. The second-order valence-electron chi connectivity index (χ2n) is 3.76. The lowest BCUT2D eigenvalue weighted by Crippen LogP contribution is -2.53. The van der Waals surface area contributed by atoms with Gasteiger partial charge in [0.1, 0.15) is 0 Å². The number of piperazine rings is 1. The van der Waals surface area contributed by atoms with Gasteiger partial charge in [0.05, 0.1) is 0 Å². The molecule has 0 spiro atoms. The van der Waals surface area contributed by atoms with Crippen LogP contribution < -0.4 is 5.32 Å². The van der Waals surface area contributed by atoms with Crippen LogP contribution in [0.25, 0.3) is 0 Å². The highest BCUT2D eigenvalue weighted by Crippen LogP contribution is 2.13. The van der Waals surface area contributed by atoms with Gasteiger partial charge in [0.25, 0.3) is 0 Å². The number of hydrogen-bond acceptors (Lipinski definition) is 2. The van der Waals surface area contributed by atoms with E-state index in [4.69, 9.17) is 0 Å². The van der Waals surface area contributed by atoms with Crippen LogP contribution in [0.2, 0.25) is 0 Å². The van der Waals surface area contributed by atoms with E-state index in [0.29, 0.717) is 0 Å². The van der Waals surface area contributed by atoms with Gasteiger partial charge in [-0.05, 0) is 19.8 Å². The van der Waals surface area contributed by atoms with E-state index in [2.05, 4.69) is 31.0 Å². The summed E-state index contributed by atoms with van der Waals surface area (Å²) in [7, 11) is 0. The molecule has 1 heterocycles. The van der Waals surface area contributed by atoms with Gasteiger partial charge in [0, 0.05) is 31.7 Å². The Morgan fingerprint density at radius 3 is 2.58 bits per heavy atom. The lowest BCUT2D eigenvalue weighted by atomic mass is 10.1. The molecular weight excluding hydrogens is 148 g/mol. The molecule has 2 nitrogen and oxygen atoms in total. The smallest absolute Gasteiger partial charge is 0.0195 e. The standard InChI is InChI=1S/C10H22N2/c1-4-10(5-2)12-7-6-11-8-9(12)3/h9-11H,4-8H2,1-3H3/t9-/m1/s1. The summed E-state index contributed by atoms with van der Waals surface area (Å²) in [5.41, 5.74) is 0. The van der Waals surface area contributed by atoms with Gasteiger partial charge >= 0.3 is 0 Å². The Labute approximate surface area is 76.3 Å². The van der Waals surface area contributed by atoms with Gasteiger partial charge in [0.15, 0.2) is 0 Å². The zero-order valence-corrected chi connectivity index (χ0v) is 8.64. The second-order valence-corrected chi connectivity index (χ2v) is 3.76. The van der Waals surface area contributed by atoms with Gasteiger partial charge in [-0.2, -0.15) is 0 Å². The molecule has 1 saturated heterocycles. The summed E-state index contributed by atoms with van der Waals surface area (Å²) in [6.45, 7) is 10.5. The largest absolute Gasteiger partial charge is 0.314 e. The lowest BCUT2D eigenvalue weighted by Gasteiger charge is -2.39. The molecule has 0 aromatic carbocycles. The third-order valence-electron chi connectivity index (χ3n) is 2.96. The van der Waals surface area contributed by atoms with Crippen LogP contribution in [0.5, 0.6) is 0 Å². The molecular formula is C10H22N2. The zero-order chi connectivity index (χ0) is 8.97. The van der Waals surface area contributed by atoms with Crippen molar-refractivity contribution in [1.82, 2.24) is 10.2 Å². The summed E-state index contributed by atoms with van der Waals surface area (Å²) < 4.78 is 0. The molecule has 1 atom stereocenters. The topological polar surface area (TPSA) is 15.3 Å². The highest BCUT2D eigenvalue weighted by Gasteiger charge is 2.22.